The van der Waals surface area contributed by atoms with Gasteiger partial charge in [0.25, 0.3) is 0 Å². The Morgan fingerprint density at radius 3 is 3.00 bits per heavy atom. The molecule has 0 aliphatic heterocycles. The molecule has 1 rings (SSSR count). The zero-order valence-corrected chi connectivity index (χ0v) is 5.64. The van der Waals surface area contributed by atoms with Crippen LogP contribution in [0.25, 0.3) is 0 Å². The average Bonchev–Trinajstić information content (AvgIpc) is 1.90. The summed E-state index contributed by atoms with van der Waals surface area (Å²) < 4.78 is 4.82. The van der Waals surface area contributed by atoms with Crippen molar-refractivity contribution in [2.75, 3.05) is 7.11 Å². The number of nitrogens with zero attached hydrogens (tertiary/aromatic N) is 1. The monoisotopic (exact) mass is 142 g/mol. The van der Waals surface area contributed by atoms with E-state index in [4.69, 9.17) is 16.3 Å². The minimum Gasteiger partial charge on any atom is -0.495 e. The molecule has 0 saturated heterocycles. The lowest BCUT2D eigenvalue weighted by molar-refractivity contribution is 0.413. The number of rotatable bonds is 1. The first-order valence-electron chi connectivity index (χ1n) is 2.40. The van der Waals surface area contributed by atoms with Crippen LogP contribution in [0.15, 0.2) is 12.3 Å². The first-order valence-corrected chi connectivity index (χ1v) is 2.78. The van der Waals surface area contributed by atoms with E-state index in [1.54, 1.807) is 19.4 Å². The van der Waals surface area contributed by atoms with Gasteiger partial charge >= 0.3 is 0 Å². The summed E-state index contributed by atoms with van der Waals surface area (Å²) in [5.41, 5.74) is 0. The lowest BCUT2D eigenvalue weighted by Gasteiger charge is -1.94. The SMILES string of the molecule is COc1c[c]c(Cl)nc1. The van der Waals surface area contributed by atoms with Crippen LogP contribution in [-0.4, -0.2) is 12.1 Å². The van der Waals surface area contributed by atoms with Gasteiger partial charge in [-0.05, 0) is 6.07 Å². The summed E-state index contributed by atoms with van der Waals surface area (Å²) >= 11 is 5.45. The molecular formula is C6H5ClNO. The van der Waals surface area contributed by atoms with Gasteiger partial charge in [0.15, 0.2) is 0 Å². The molecule has 47 valence electrons. The molecule has 0 amide bonds. The van der Waals surface area contributed by atoms with Crippen molar-refractivity contribution in [3.63, 3.8) is 0 Å². The molecule has 0 aliphatic rings. The number of pyridine rings is 1. The van der Waals surface area contributed by atoms with Gasteiger partial charge in [0.05, 0.1) is 13.3 Å². The number of hydrogen-bond acceptors (Lipinski definition) is 2. The summed E-state index contributed by atoms with van der Waals surface area (Å²) in [6.07, 6.45) is 1.54. The molecule has 0 bridgehead atoms. The highest BCUT2D eigenvalue weighted by Crippen LogP contribution is 2.09. The Hall–Kier alpha value is -0.760. The molecule has 1 heterocycles. The Morgan fingerprint density at radius 2 is 2.56 bits per heavy atom. The van der Waals surface area contributed by atoms with Crippen LogP contribution in [-0.2, 0) is 0 Å². The summed E-state index contributed by atoms with van der Waals surface area (Å²) in [6.45, 7) is 0. The van der Waals surface area contributed by atoms with Gasteiger partial charge < -0.3 is 4.74 Å². The number of halogens is 1. The molecule has 0 aromatic carbocycles. The maximum Gasteiger partial charge on any atom is 0.137 e. The molecule has 1 aromatic heterocycles. The fourth-order valence-corrected chi connectivity index (χ4v) is 0.540. The maximum absolute atomic E-state index is 5.45. The second-order valence-electron chi connectivity index (χ2n) is 1.44. The van der Waals surface area contributed by atoms with Crippen molar-refractivity contribution in [3.05, 3.63) is 23.5 Å². The molecule has 2 nitrogen and oxygen atoms in total. The van der Waals surface area contributed by atoms with E-state index in [0.29, 0.717) is 10.9 Å². The summed E-state index contributed by atoms with van der Waals surface area (Å²) in [6, 6.07) is 4.31. The maximum atomic E-state index is 5.45. The lowest BCUT2D eigenvalue weighted by Crippen LogP contribution is -1.82. The van der Waals surface area contributed by atoms with E-state index in [0.717, 1.165) is 0 Å². The van der Waals surface area contributed by atoms with Crippen LogP contribution in [0.5, 0.6) is 5.75 Å². The minimum absolute atomic E-state index is 0.357. The first kappa shape index (κ1) is 6.36. The van der Waals surface area contributed by atoms with Crippen LogP contribution in [0, 0.1) is 6.07 Å². The molecule has 0 fully saturated rings. The Morgan fingerprint density at radius 1 is 1.78 bits per heavy atom. The largest absolute Gasteiger partial charge is 0.495 e. The normalized spacial score (nSPS) is 9.11. The number of aromatic nitrogens is 1. The van der Waals surface area contributed by atoms with Gasteiger partial charge in [0.2, 0.25) is 0 Å². The minimum atomic E-state index is 0.357. The summed E-state index contributed by atoms with van der Waals surface area (Å²) in [7, 11) is 1.57. The third-order valence-electron chi connectivity index (χ3n) is 0.874. The average molecular weight is 143 g/mol. The third kappa shape index (κ3) is 1.57. The topological polar surface area (TPSA) is 22.1 Å². The third-order valence-corrected chi connectivity index (χ3v) is 1.08. The van der Waals surface area contributed by atoms with Crippen LogP contribution < -0.4 is 4.74 Å². The fourth-order valence-electron chi connectivity index (χ4n) is 0.437. The number of hydrogen-bond donors (Lipinski definition) is 0. The standard InChI is InChI=1S/C6H5ClNO/c1-9-5-2-3-6(7)8-4-5/h2,4H,1H3. The summed E-state index contributed by atoms with van der Waals surface area (Å²) in [4.78, 5) is 3.73. The molecule has 9 heavy (non-hydrogen) atoms. The predicted molar refractivity (Wildman–Crippen MR) is 34.6 cm³/mol. The second-order valence-corrected chi connectivity index (χ2v) is 1.80. The van der Waals surface area contributed by atoms with E-state index >= 15 is 0 Å². The Kier molecular flexibility index (Phi) is 1.90. The van der Waals surface area contributed by atoms with Crippen molar-refractivity contribution in [1.29, 1.82) is 0 Å². The van der Waals surface area contributed by atoms with E-state index < -0.39 is 0 Å². The van der Waals surface area contributed by atoms with Gasteiger partial charge in [0, 0.05) is 6.07 Å². The van der Waals surface area contributed by atoms with Crippen molar-refractivity contribution in [3.8, 4) is 5.75 Å². The second kappa shape index (κ2) is 2.69. The lowest BCUT2D eigenvalue weighted by atomic mass is 10.5. The van der Waals surface area contributed by atoms with Crippen LogP contribution in [0.4, 0.5) is 0 Å². The van der Waals surface area contributed by atoms with Crippen LogP contribution in [0.1, 0.15) is 0 Å². The molecule has 0 atom stereocenters. The molecule has 0 saturated carbocycles. The van der Waals surface area contributed by atoms with Gasteiger partial charge in [-0.1, -0.05) is 11.6 Å². The molecule has 1 radical (unpaired) electrons. The van der Waals surface area contributed by atoms with Gasteiger partial charge in [-0.2, -0.15) is 0 Å². The fraction of sp³-hybridized carbons (Fsp3) is 0.167. The smallest absolute Gasteiger partial charge is 0.137 e. The predicted octanol–water partition coefficient (Wildman–Crippen LogP) is 1.54. The van der Waals surface area contributed by atoms with E-state index in [1.165, 1.54) is 0 Å². The van der Waals surface area contributed by atoms with Gasteiger partial charge in [-0.15, -0.1) is 0 Å². The van der Waals surface area contributed by atoms with Crippen molar-refractivity contribution in [2.24, 2.45) is 0 Å². The van der Waals surface area contributed by atoms with E-state index in [2.05, 4.69) is 11.1 Å². The van der Waals surface area contributed by atoms with Crippen molar-refractivity contribution >= 4 is 11.6 Å². The van der Waals surface area contributed by atoms with Crippen LogP contribution in [0.2, 0.25) is 5.15 Å². The number of ether oxygens (including phenoxy) is 1. The highest BCUT2D eigenvalue weighted by molar-refractivity contribution is 6.29. The Labute approximate surface area is 58.4 Å². The number of methoxy groups -OCH3 is 1. The molecular weight excluding hydrogens is 138 g/mol. The molecule has 0 aliphatic carbocycles. The van der Waals surface area contributed by atoms with E-state index in [1.807, 2.05) is 0 Å². The zero-order chi connectivity index (χ0) is 6.69. The van der Waals surface area contributed by atoms with Crippen molar-refractivity contribution in [1.82, 2.24) is 4.98 Å². The highest BCUT2D eigenvalue weighted by atomic mass is 35.5. The van der Waals surface area contributed by atoms with E-state index in [9.17, 15) is 0 Å². The van der Waals surface area contributed by atoms with Gasteiger partial charge in [-0.25, -0.2) is 4.98 Å². The van der Waals surface area contributed by atoms with E-state index in [-0.39, 0.29) is 0 Å². The summed E-state index contributed by atoms with van der Waals surface area (Å²) in [5, 5.41) is 0.357. The molecule has 0 N–H and O–H groups in total. The van der Waals surface area contributed by atoms with Crippen LogP contribution >= 0.6 is 11.6 Å². The molecule has 0 unspecified atom stereocenters. The Balaban J connectivity index is 2.88. The highest BCUT2D eigenvalue weighted by Gasteiger charge is 1.89. The zero-order valence-electron chi connectivity index (χ0n) is 4.89. The molecule has 3 heteroatoms. The molecule has 1 aromatic rings. The Bertz CT molecular complexity index is 185. The molecule has 0 spiro atoms. The van der Waals surface area contributed by atoms with Crippen molar-refractivity contribution < 1.29 is 4.74 Å². The van der Waals surface area contributed by atoms with Gasteiger partial charge in [0.1, 0.15) is 10.9 Å². The first-order chi connectivity index (χ1) is 4.33. The van der Waals surface area contributed by atoms with Crippen molar-refractivity contribution in [2.45, 2.75) is 0 Å². The van der Waals surface area contributed by atoms with Gasteiger partial charge in [-0.3, -0.25) is 0 Å². The van der Waals surface area contributed by atoms with Crippen LogP contribution in [0.3, 0.4) is 0 Å². The summed E-state index contributed by atoms with van der Waals surface area (Å²) in [5.74, 6) is 0.666. The quantitative estimate of drug-likeness (QED) is 0.555.